The van der Waals surface area contributed by atoms with Crippen LogP contribution in [0.2, 0.25) is 0 Å². The van der Waals surface area contributed by atoms with Gasteiger partial charge in [0.15, 0.2) is 24.8 Å². The van der Waals surface area contributed by atoms with E-state index in [-0.39, 0.29) is 43.9 Å². The number of alkyl halides is 2. The number of esters is 1. The molecule has 0 aromatic heterocycles. The van der Waals surface area contributed by atoms with Crippen molar-refractivity contribution in [3.05, 3.63) is 91.0 Å². The molecule has 12 heteroatoms. The van der Waals surface area contributed by atoms with Crippen LogP contribution in [0.4, 0.5) is 8.78 Å². The number of benzene rings is 3. The molecular formula is C26H28F2O8S2. The van der Waals surface area contributed by atoms with E-state index in [0.29, 0.717) is 0 Å². The second-order valence-corrected chi connectivity index (χ2v) is 10.7. The van der Waals surface area contributed by atoms with Crippen molar-refractivity contribution in [2.45, 2.75) is 19.9 Å². The summed E-state index contributed by atoms with van der Waals surface area (Å²) in [5, 5.41) is 3.23. The number of aliphatic hydroxyl groups is 1. The fraction of sp³-hybridized carbons (Fsp3) is 0.269. The summed E-state index contributed by atoms with van der Waals surface area (Å²) in [6, 6.07) is 32.2. The molecule has 8 nitrogen and oxygen atoms in total. The van der Waals surface area contributed by atoms with Crippen LogP contribution in [0.1, 0.15) is 0 Å². The number of carbonyl (C=O) groups excluding carboxylic acids is 1. The maximum absolute atomic E-state index is 12.6. The lowest BCUT2D eigenvalue weighted by atomic mass is 10.4. The van der Waals surface area contributed by atoms with Crippen LogP contribution in [-0.2, 0) is 40.0 Å². The van der Waals surface area contributed by atoms with Gasteiger partial charge in [0.1, 0.15) is 6.61 Å². The van der Waals surface area contributed by atoms with Gasteiger partial charge in [0.2, 0.25) is 0 Å². The summed E-state index contributed by atoms with van der Waals surface area (Å²) >= 11 is 0. The van der Waals surface area contributed by atoms with Crippen molar-refractivity contribution in [3.63, 3.8) is 0 Å². The fourth-order valence-electron chi connectivity index (χ4n) is 2.84. The molecule has 0 bridgehead atoms. The largest absolute Gasteiger partial charge is 0.743 e. The number of aliphatic hydroxyl groups excluding tert-OH is 1. The Hall–Kier alpha value is -2.87. The van der Waals surface area contributed by atoms with Crippen molar-refractivity contribution in [2.24, 2.45) is 0 Å². The first kappa shape index (κ1) is 31.3. The lowest BCUT2D eigenvalue weighted by Gasteiger charge is -2.17. The van der Waals surface area contributed by atoms with Gasteiger partial charge in [-0.2, -0.15) is 8.78 Å². The molecule has 0 saturated carbocycles. The summed E-state index contributed by atoms with van der Waals surface area (Å²) in [4.78, 5) is 14.7. The molecule has 0 aliphatic heterocycles. The maximum atomic E-state index is 12.6. The first-order chi connectivity index (χ1) is 18.2. The van der Waals surface area contributed by atoms with Crippen molar-refractivity contribution < 1.29 is 45.9 Å². The summed E-state index contributed by atoms with van der Waals surface area (Å²) in [7, 11) is -6.12. The van der Waals surface area contributed by atoms with E-state index >= 15 is 0 Å². The van der Waals surface area contributed by atoms with Gasteiger partial charge in [-0.15, -0.1) is 0 Å². The quantitative estimate of drug-likeness (QED) is 0.144. The highest BCUT2D eigenvalue weighted by molar-refractivity contribution is 7.97. The van der Waals surface area contributed by atoms with Crippen LogP contribution in [0.5, 0.6) is 0 Å². The zero-order valence-electron chi connectivity index (χ0n) is 20.3. The van der Waals surface area contributed by atoms with E-state index in [0.717, 1.165) is 0 Å². The van der Waals surface area contributed by atoms with Crippen molar-refractivity contribution in [1.82, 2.24) is 0 Å². The van der Waals surface area contributed by atoms with E-state index in [1.807, 2.05) is 0 Å². The van der Waals surface area contributed by atoms with Crippen LogP contribution >= 0.6 is 0 Å². The van der Waals surface area contributed by atoms with Crippen molar-refractivity contribution in [1.29, 1.82) is 0 Å². The molecule has 3 rings (SSSR count). The molecule has 0 fully saturated rings. The average molecular weight is 571 g/mol. The number of halogens is 2. The van der Waals surface area contributed by atoms with Gasteiger partial charge in [-0.1, -0.05) is 54.6 Å². The molecule has 0 spiro atoms. The van der Waals surface area contributed by atoms with Crippen molar-refractivity contribution in [2.75, 3.05) is 39.6 Å². The molecule has 38 heavy (non-hydrogen) atoms. The van der Waals surface area contributed by atoms with Crippen molar-refractivity contribution >= 4 is 27.0 Å². The predicted molar refractivity (Wildman–Crippen MR) is 136 cm³/mol. The molecule has 0 atom stereocenters. The summed E-state index contributed by atoms with van der Waals surface area (Å²) in [6.45, 7) is -0.747. The lowest BCUT2D eigenvalue weighted by molar-refractivity contribution is -0.163. The minimum Gasteiger partial charge on any atom is -0.743 e. The summed E-state index contributed by atoms with van der Waals surface area (Å²) in [6.07, 6.45) is 0. The van der Waals surface area contributed by atoms with Crippen LogP contribution < -0.4 is 0 Å². The fourth-order valence-corrected chi connectivity index (χ4v) is 5.21. The molecule has 0 saturated heterocycles. The Morgan fingerprint density at radius 3 is 1.47 bits per heavy atom. The van der Waals surface area contributed by atoms with E-state index < -0.39 is 27.9 Å². The van der Waals surface area contributed by atoms with Gasteiger partial charge in [-0.3, -0.25) is 0 Å². The Labute approximate surface area is 223 Å². The third-order valence-electron chi connectivity index (χ3n) is 4.56. The standard InChI is InChI=1S/C18H15S.C8H14F2O8S/c1-4-10-16(11-5-1)19(17-12-6-2-7-13-17)18-14-8-3-9-15-18;9-8(10,19(13,14)15)7(12)18-6-5-17-4-3-16-2-1-11/h1-15H;11H,1-6H2,(H,13,14,15)/q+1;/p-1. The van der Waals surface area contributed by atoms with E-state index in [1.54, 1.807) is 0 Å². The second-order valence-electron chi connectivity index (χ2n) is 7.30. The van der Waals surface area contributed by atoms with Gasteiger partial charge < -0.3 is 23.9 Å². The molecule has 0 heterocycles. The molecule has 3 aromatic carbocycles. The molecule has 0 unspecified atom stereocenters. The summed E-state index contributed by atoms with van der Waals surface area (Å²) < 4.78 is 68.8. The zero-order valence-corrected chi connectivity index (χ0v) is 21.9. The predicted octanol–water partition coefficient (Wildman–Crippen LogP) is 3.48. The summed E-state index contributed by atoms with van der Waals surface area (Å²) in [5.41, 5.74) is 0. The SMILES string of the molecule is O=C(OCCOCCOCCO)C(F)(F)S(=O)(=O)[O-].c1ccc([S+](c2ccccc2)c2ccccc2)cc1. The smallest absolute Gasteiger partial charge is 0.428 e. The highest BCUT2D eigenvalue weighted by atomic mass is 32.2. The van der Waals surface area contributed by atoms with Crippen LogP contribution in [0.3, 0.4) is 0 Å². The molecule has 0 radical (unpaired) electrons. The normalized spacial score (nSPS) is 11.5. The number of ether oxygens (including phenoxy) is 3. The van der Waals surface area contributed by atoms with Crippen LogP contribution in [0.25, 0.3) is 0 Å². The first-order valence-electron chi connectivity index (χ1n) is 11.3. The molecule has 206 valence electrons. The topological polar surface area (TPSA) is 122 Å². The van der Waals surface area contributed by atoms with Gasteiger partial charge in [0.25, 0.3) is 0 Å². The first-order valence-corrected chi connectivity index (χ1v) is 14.0. The average Bonchev–Trinajstić information content (AvgIpc) is 2.92. The van der Waals surface area contributed by atoms with E-state index in [4.69, 9.17) is 14.6 Å². The van der Waals surface area contributed by atoms with E-state index in [1.165, 1.54) is 14.7 Å². The number of hydrogen-bond donors (Lipinski definition) is 1. The third-order valence-corrected chi connectivity index (χ3v) is 7.58. The monoisotopic (exact) mass is 570 g/mol. The van der Waals surface area contributed by atoms with Crippen LogP contribution in [-0.4, -0.2) is 68.9 Å². The van der Waals surface area contributed by atoms with E-state index in [2.05, 4.69) is 95.7 Å². The number of hydrogen-bond acceptors (Lipinski definition) is 8. The van der Waals surface area contributed by atoms with Gasteiger partial charge in [0, 0.05) is 0 Å². The number of carbonyl (C=O) groups is 1. The lowest BCUT2D eigenvalue weighted by Crippen LogP contribution is -2.39. The highest BCUT2D eigenvalue weighted by Gasteiger charge is 2.48. The Kier molecular flexibility index (Phi) is 13.3. The molecule has 0 aliphatic rings. The molecule has 0 amide bonds. The minimum atomic E-state index is -6.10. The molecule has 0 aliphatic carbocycles. The van der Waals surface area contributed by atoms with E-state index in [9.17, 15) is 26.5 Å². The zero-order chi connectivity index (χ0) is 27.9. The maximum Gasteiger partial charge on any atom is 0.428 e. The van der Waals surface area contributed by atoms with Gasteiger partial charge in [-0.05, 0) is 36.4 Å². The molecule has 3 aromatic rings. The number of rotatable bonds is 13. The van der Waals surface area contributed by atoms with Gasteiger partial charge >= 0.3 is 11.2 Å². The Morgan fingerprint density at radius 1 is 0.737 bits per heavy atom. The minimum absolute atomic E-state index is 0.0146. The Balaban J connectivity index is 0.000000267. The Bertz CT molecular complexity index is 1090. The second kappa shape index (κ2) is 16.2. The van der Waals surface area contributed by atoms with Crippen molar-refractivity contribution in [3.8, 4) is 0 Å². The highest BCUT2D eigenvalue weighted by Crippen LogP contribution is 2.30. The Morgan fingerprint density at radius 2 is 1.11 bits per heavy atom. The van der Waals surface area contributed by atoms with Gasteiger partial charge in [-0.25, -0.2) is 13.2 Å². The molecular weight excluding hydrogens is 542 g/mol. The van der Waals surface area contributed by atoms with Crippen LogP contribution in [0.15, 0.2) is 106 Å². The van der Waals surface area contributed by atoms with Crippen LogP contribution in [0, 0.1) is 0 Å². The van der Waals surface area contributed by atoms with Gasteiger partial charge in [0.05, 0.1) is 43.9 Å². The molecule has 1 N–H and O–H groups in total. The summed E-state index contributed by atoms with van der Waals surface area (Å²) in [5.74, 6) is -2.44. The third kappa shape index (κ3) is 10.1.